The van der Waals surface area contributed by atoms with Crippen LogP contribution in [-0.2, 0) is 0 Å². The van der Waals surface area contributed by atoms with Crippen LogP contribution < -0.4 is 0 Å². The van der Waals surface area contributed by atoms with Crippen molar-refractivity contribution in [3.05, 3.63) is 0 Å². The molecule has 0 bridgehead atoms. The lowest BCUT2D eigenvalue weighted by molar-refractivity contribution is 0.167. The summed E-state index contributed by atoms with van der Waals surface area (Å²) in [5.74, 6) is 1.05. The molecule has 2 rings (SSSR count). The summed E-state index contributed by atoms with van der Waals surface area (Å²) < 4.78 is 0. The molecule has 0 aromatic carbocycles. The molecule has 1 saturated carbocycles. The SMILES string of the molecule is CC.CC.CN1CCC(C2(C)CC2)CC1. The second-order valence-corrected chi connectivity index (χ2v) is 4.73. The number of rotatable bonds is 1. The second-order valence-electron chi connectivity index (χ2n) is 4.73. The number of piperidine rings is 1. The number of nitrogens with zero attached hydrogens (tertiary/aromatic N) is 1. The van der Waals surface area contributed by atoms with Crippen molar-refractivity contribution in [1.82, 2.24) is 4.90 Å². The van der Waals surface area contributed by atoms with Gasteiger partial charge in [0.2, 0.25) is 0 Å². The molecule has 1 heterocycles. The third kappa shape index (κ3) is 4.55. The minimum atomic E-state index is 0.779. The summed E-state index contributed by atoms with van der Waals surface area (Å²) in [6.45, 7) is 13.1. The number of hydrogen-bond acceptors (Lipinski definition) is 1. The Bertz CT molecular complexity index is 141. The molecule has 92 valence electrons. The molecule has 0 atom stereocenters. The molecule has 0 unspecified atom stereocenters. The van der Waals surface area contributed by atoms with Gasteiger partial charge in [0.15, 0.2) is 0 Å². The summed E-state index contributed by atoms with van der Waals surface area (Å²) in [7, 11) is 2.24. The zero-order valence-corrected chi connectivity index (χ0v) is 11.8. The van der Waals surface area contributed by atoms with Crippen LogP contribution in [0.5, 0.6) is 0 Å². The van der Waals surface area contributed by atoms with Crippen molar-refractivity contribution in [3.63, 3.8) is 0 Å². The minimum Gasteiger partial charge on any atom is -0.306 e. The van der Waals surface area contributed by atoms with Crippen LogP contribution in [0, 0.1) is 11.3 Å². The van der Waals surface area contributed by atoms with Gasteiger partial charge in [0.05, 0.1) is 0 Å². The standard InChI is InChI=1S/C10H19N.2C2H6/c1-10(5-6-10)9-3-7-11(2)8-4-9;2*1-2/h9H,3-8H2,1-2H3;2*1-2H3. The van der Waals surface area contributed by atoms with E-state index in [-0.39, 0.29) is 0 Å². The van der Waals surface area contributed by atoms with E-state index in [1.165, 1.54) is 38.8 Å². The van der Waals surface area contributed by atoms with Gasteiger partial charge in [-0.3, -0.25) is 0 Å². The van der Waals surface area contributed by atoms with Crippen molar-refractivity contribution in [1.29, 1.82) is 0 Å². The molecule has 0 amide bonds. The molecule has 2 aliphatic rings. The van der Waals surface area contributed by atoms with E-state index < -0.39 is 0 Å². The van der Waals surface area contributed by atoms with Gasteiger partial charge in [-0.15, -0.1) is 0 Å². The Balaban J connectivity index is 0.000000442. The summed E-state index contributed by atoms with van der Waals surface area (Å²) in [5.41, 5.74) is 0.779. The van der Waals surface area contributed by atoms with Crippen LogP contribution in [0.4, 0.5) is 0 Å². The first kappa shape index (κ1) is 15.0. The normalized spacial score (nSPS) is 24.4. The summed E-state index contributed by atoms with van der Waals surface area (Å²) in [4.78, 5) is 2.46. The first-order chi connectivity index (χ1) is 7.21. The molecule has 1 nitrogen and oxygen atoms in total. The Hall–Kier alpha value is -0.0400. The fourth-order valence-electron chi connectivity index (χ4n) is 2.31. The number of hydrogen-bond donors (Lipinski definition) is 0. The van der Waals surface area contributed by atoms with E-state index in [1.54, 1.807) is 0 Å². The van der Waals surface area contributed by atoms with E-state index in [0.717, 1.165) is 11.3 Å². The molecule has 15 heavy (non-hydrogen) atoms. The highest BCUT2D eigenvalue weighted by atomic mass is 15.1. The van der Waals surface area contributed by atoms with Gasteiger partial charge in [-0.1, -0.05) is 34.6 Å². The van der Waals surface area contributed by atoms with Crippen LogP contribution in [0.3, 0.4) is 0 Å². The van der Waals surface area contributed by atoms with E-state index >= 15 is 0 Å². The summed E-state index contributed by atoms with van der Waals surface area (Å²) in [6, 6.07) is 0. The smallest absolute Gasteiger partial charge is 0.00189 e. The van der Waals surface area contributed by atoms with Crippen molar-refractivity contribution in [2.45, 2.75) is 60.3 Å². The molecule has 0 radical (unpaired) electrons. The second kappa shape index (κ2) is 7.27. The van der Waals surface area contributed by atoms with Gasteiger partial charge in [0.25, 0.3) is 0 Å². The zero-order valence-electron chi connectivity index (χ0n) is 11.8. The van der Waals surface area contributed by atoms with Gasteiger partial charge in [-0.2, -0.15) is 0 Å². The van der Waals surface area contributed by atoms with Crippen LogP contribution in [0.25, 0.3) is 0 Å². The lowest BCUT2D eigenvalue weighted by atomic mass is 9.83. The Morgan fingerprint density at radius 1 is 0.933 bits per heavy atom. The van der Waals surface area contributed by atoms with Gasteiger partial charge in [-0.05, 0) is 57.2 Å². The molecule has 0 N–H and O–H groups in total. The van der Waals surface area contributed by atoms with E-state index in [0.29, 0.717) is 0 Å². The van der Waals surface area contributed by atoms with Gasteiger partial charge >= 0.3 is 0 Å². The molecular weight excluding hydrogens is 182 g/mol. The van der Waals surface area contributed by atoms with Crippen LogP contribution in [0.1, 0.15) is 60.3 Å². The third-order valence-electron chi connectivity index (χ3n) is 3.74. The highest BCUT2D eigenvalue weighted by Gasteiger charge is 2.44. The largest absolute Gasteiger partial charge is 0.306 e. The fourth-order valence-corrected chi connectivity index (χ4v) is 2.31. The van der Waals surface area contributed by atoms with Gasteiger partial charge in [-0.25, -0.2) is 0 Å². The van der Waals surface area contributed by atoms with Crippen molar-refractivity contribution < 1.29 is 0 Å². The molecule has 1 aliphatic carbocycles. The van der Waals surface area contributed by atoms with Crippen molar-refractivity contribution in [3.8, 4) is 0 Å². The summed E-state index contributed by atoms with van der Waals surface area (Å²) in [5, 5.41) is 0. The quantitative estimate of drug-likeness (QED) is 0.631. The highest BCUT2D eigenvalue weighted by molar-refractivity contribution is 4.96. The Morgan fingerprint density at radius 2 is 1.33 bits per heavy atom. The average molecular weight is 213 g/mol. The van der Waals surface area contributed by atoms with E-state index in [1.807, 2.05) is 27.7 Å². The Labute approximate surface area is 97.2 Å². The molecule has 1 aliphatic heterocycles. The summed E-state index contributed by atoms with van der Waals surface area (Å²) in [6.07, 6.45) is 5.91. The maximum Gasteiger partial charge on any atom is -0.00189 e. The van der Waals surface area contributed by atoms with Crippen LogP contribution >= 0.6 is 0 Å². The monoisotopic (exact) mass is 213 g/mol. The lowest BCUT2D eigenvalue weighted by Crippen LogP contribution is -2.33. The number of likely N-dealkylation sites (tertiary alicyclic amines) is 1. The molecule has 1 heteroatoms. The molecule has 1 saturated heterocycles. The molecule has 0 aromatic heterocycles. The van der Waals surface area contributed by atoms with E-state index in [4.69, 9.17) is 0 Å². The maximum atomic E-state index is 2.48. The molecular formula is C14H31N. The highest BCUT2D eigenvalue weighted by Crippen LogP contribution is 2.54. The van der Waals surface area contributed by atoms with Crippen LogP contribution in [0.15, 0.2) is 0 Å². The van der Waals surface area contributed by atoms with Crippen molar-refractivity contribution in [2.75, 3.05) is 20.1 Å². The summed E-state index contributed by atoms with van der Waals surface area (Å²) >= 11 is 0. The van der Waals surface area contributed by atoms with Crippen LogP contribution in [0.2, 0.25) is 0 Å². The Kier molecular flexibility index (Phi) is 7.25. The van der Waals surface area contributed by atoms with Crippen molar-refractivity contribution in [2.24, 2.45) is 11.3 Å². The lowest BCUT2D eigenvalue weighted by Gasteiger charge is -2.32. The first-order valence-electron chi connectivity index (χ1n) is 6.89. The van der Waals surface area contributed by atoms with E-state index in [9.17, 15) is 0 Å². The fraction of sp³-hybridized carbons (Fsp3) is 1.00. The minimum absolute atomic E-state index is 0.779. The predicted molar refractivity (Wildman–Crippen MR) is 70.3 cm³/mol. The topological polar surface area (TPSA) is 3.24 Å². The average Bonchev–Trinajstić information content (AvgIpc) is 3.04. The van der Waals surface area contributed by atoms with E-state index in [2.05, 4.69) is 18.9 Å². The van der Waals surface area contributed by atoms with Gasteiger partial charge in [0.1, 0.15) is 0 Å². The third-order valence-corrected chi connectivity index (χ3v) is 3.74. The zero-order chi connectivity index (χ0) is 11.9. The van der Waals surface area contributed by atoms with Crippen LogP contribution in [-0.4, -0.2) is 25.0 Å². The van der Waals surface area contributed by atoms with Gasteiger partial charge in [0, 0.05) is 0 Å². The molecule has 0 aromatic rings. The van der Waals surface area contributed by atoms with Crippen molar-refractivity contribution >= 4 is 0 Å². The Morgan fingerprint density at radius 3 is 1.67 bits per heavy atom. The maximum absolute atomic E-state index is 2.48. The predicted octanol–water partition coefficient (Wildman–Crippen LogP) is 4.18. The molecule has 0 spiro atoms. The molecule has 2 fully saturated rings. The van der Waals surface area contributed by atoms with Gasteiger partial charge < -0.3 is 4.90 Å². The first-order valence-corrected chi connectivity index (χ1v) is 6.89.